The first kappa shape index (κ1) is 18.9. The third-order valence-corrected chi connectivity index (χ3v) is 3.62. The fraction of sp³-hybridized carbons (Fsp3) is 0.235. The van der Waals surface area contributed by atoms with Gasteiger partial charge in [-0.25, -0.2) is 8.78 Å². The summed E-state index contributed by atoms with van der Waals surface area (Å²) < 4.78 is 65.2. The highest BCUT2D eigenvalue weighted by atomic mass is 19.4. The second-order valence-electron chi connectivity index (χ2n) is 5.49. The number of quaternary nitrogens is 1. The van der Waals surface area contributed by atoms with Crippen LogP contribution in [0, 0.1) is 11.6 Å². The molecule has 0 heterocycles. The van der Waals surface area contributed by atoms with Gasteiger partial charge in [0.2, 0.25) is 0 Å². The zero-order valence-electron chi connectivity index (χ0n) is 13.2. The van der Waals surface area contributed by atoms with Crippen molar-refractivity contribution in [1.82, 2.24) is 0 Å². The van der Waals surface area contributed by atoms with Gasteiger partial charge in [-0.3, -0.25) is 4.79 Å². The second-order valence-corrected chi connectivity index (χ2v) is 5.49. The Morgan fingerprint density at radius 3 is 2.48 bits per heavy atom. The van der Waals surface area contributed by atoms with Crippen molar-refractivity contribution < 1.29 is 32.1 Å². The lowest BCUT2D eigenvalue weighted by molar-refractivity contribution is -0.682. The van der Waals surface area contributed by atoms with Crippen LogP contribution >= 0.6 is 0 Å². The second kappa shape index (κ2) is 7.60. The van der Waals surface area contributed by atoms with Gasteiger partial charge in [-0.2, -0.15) is 13.2 Å². The summed E-state index contributed by atoms with van der Waals surface area (Å²) in [7, 11) is 0. The molecule has 2 aromatic carbocycles. The lowest BCUT2D eigenvalue weighted by Gasteiger charge is -2.14. The molecule has 0 radical (unpaired) electrons. The van der Waals surface area contributed by atoms with Crippen molar-refractivity contribution in [3.63, 3.8) is 0 Å². The molecule has 0 aliphatic carbocycles. The topological polar surface area (TPSA) is 45.7 Å². The standard InChI is InChI=1S/C17H15F5N2O/c1-10(12-7-6-11(18)8-14(12)19)23-9-16(25)24-15-5-3-2-4-13(15)17(20,21)22/h2-8,10,23H,9H2,1H3,(H,24,25)/p+1/t10-/m1/s1. The molecule has 0 spiro atoms. The van der Waals surface area contributed by atoms with Crippen LogP contribution in [-0.4, -0.2) is 12.5 Å². The Balaban J connectivity index is 2.00. The Morgan fingerprint density at radius 1 is 1.16 bits per heavy atom. The summed E-state index contributed by atoms with van der Waals surface area (Å²) in [6.07, 6.45) is -4.59. The van der Waals surface area contributed by atoms with Crippen LogP contribution in [0.5, 0.6) is 0 Å². The average molecular weight is 359 g/mol. The fourth-order valence-electron chi connectivity index (χ4n) is 2.32. The summed E-state index contributed by atoms with van der Waals surface area (Å²) in [6, 6.07) is 7.23. The zero-order valence-corrected chi connectivity index (χ0v) is 13.2. The minimum atomic E-state index is -4.59. The van der Waals surface area contributed by atoms with E-state index in [1.807, 2.05) is 0 Å². The Bertz CT molecular complexity index is 761. The van der Waals surface area contributed by atoms with E-state index in [9.17, 15) is 26.7 Å². The van der Waals surface area contributed by atoms with Gasteiger partial charge in [-0.1, -0.05) is 12.1 Å². The number of nitrogens with one attached hydrogen (secondary N) is 1. The maximum atomic E-state index is 13.7. The van der Waals surface area contributed by atoms with Crippen molar-refractivity contribution in [1.29, 1.82) is 0 Å². The molecule has 2 rings (SSSR count). The molecule has 3 nitrogen and oxygen atoms in total. The van der Waals surface area contributed by atoms with Crippen LogP contribution in [-0.2, 0) is 11.0 Å². The molecule has 25 heavy (non-hydrogen) atoms. The van der Waals surface area contributed by atoms with Crippen LogP contribution in [0.2, 0.25) is 0 Å². The molecular weight excluding hydrogens is 343 g/mol. The van der Waals surface area contributed by atoms with E-state index in [4.69, 9.17) is 0 Å². The minimum Gasteiger partial charge on any atom is -0.332 e. The van der Waals surface area contributed by atoms with Crippen LogP contribution in [0.15, 0.2) is 42.5 Å². The number of anilines is 1. The maximum Gasteiger partial charge on any atom is 0.418 e. The Kier molecular flexibility index (Phi) is 5.73. The Hall–Kier alpha value is -2.48. The summed E-state index contributed by atoms with van der Waals surface area (Å²) in [5, 5.41) is 3.65. The van der Waals surface area contributed by atoms with Crippen LogP contribution in [0.4, 0.5) is 27.6 Å². The molecule has 0 saturated heterocycles. The van der Waals surface area contributed by atoms with Crippen LogP contribution < -0.4 is 10.6 Å². The molecule has 1 amide bonds. The number of carbonyl (C=O) groups excluding carboxylic acids is 1. The highest BCUT2D eigenvalue weighted by Gasteiger charge is 2.33. The van der Waals surface area contributed by atoms with Gasteiger partial charge in [0.15, 0.2) is 6.54 Å². The molecule has 0 aliphatic heterocycles. The number of benzene rings is 2. The maximum absolute atomic E-state index is 13.7. The molecule has 0 fully saturated rings. The monoisotopic (exact) mass is 359 g/mol. The summed E-state index contributed by atoms with van der Waals surface area (Å²) >= 11 is 0. The molecule has 134 valence electrons. The van der Waals surface area contributed by atoms with Crippen LogP contribution in [0.3, 0.4) is 0 Å². The SMILES string of the molecule is C[C@@H]([NH2+]CC(=O)Nc1ccccc1C(F)(F)F)c1ccc(F)cc1F. The van der Waals surface area contributed by atoms with E-state index in [0.29, 0.717) is 0 Å². The van der Waals surface area contributed by atoms with Crippen molar-refractivity contribution in [2.24, 2.45) is 0 Å². The van der Waals surface area contributed by atoms with Gasteiger partial charge in [-0.15, -0.1) is 0 Å². The lowest BCUT2D eigenvalue weighted by Crippen LogP contribution is -2.86. The number of carbonyl (C=O) groups is 1. The highest BCUT2D eigenvalue weighted by molar-refractivity contribution is 5.92. The number of halogens is 5. The lowest BCUT2D eigenvalue weighted by atomic mass is 10.1. The number of hydrogen-bond donors (Lipinski definition) is 2. The van der Waals surface area contributed by atoms with Crippen LogP contribution in [0.1, 0.15) is 24.1 Å². The molecule has 1 atom stereocenters. The summed E-state index contributed by atoms with van der Waals surface area (Å²) in [6.45, 7) is 1.39. The number of para-hydroxylation sites is 1. The van der Waals surface area contributed by atoms with Crippen molar-refractivity contribution in [2.45, 2.75) is 19.1 Å². The summed E-state index contributed by atoms with van der Waals surface area (Å²) in [5.74, 6) is -2.12. The molecule has 0 aromatic heterocycles. The van der Waals surface area contributed by atoms with E-state index in [1.54, 1.807) is 6.92 Å². The molecular formula is C17H16F5N2O+. The quantitative estimate of drug-likeness (QED) is 0.791. The number of nitrogens with two attached hydrogens (primary N) is 1. The minimum absolute atomic E-state index is 0.199. The first-order chi connectivity index (χ1) is 11.7. The van der Waals surface area contributed by atoms with Gasteiger partial charge in [-0.05, 0) is 31.2 Å². The zero-order chi connectivity index (χ0) is 18.6. The first-order valence-corrected chi connectivity index (χ1v) is 7.43. The van der Waals surface area contributed by atoms with Crippen molar-refractivity contribution in [2.75, 3.05) is 11.9 Å². The molecule has 0 aliphatic rings. The number of rotatable bonds is 5. The molecule has 2 aromatic rings. The van der Waals surface area contributed by atoms with Crippen LogP contribution in [0.25, 0.3) is 0 Å². The molecule has 3 N–H and O–H groups in total. The van der Waals surface area contributed by atoms with Gasteiger partial charge < -0.3 is 10.6 Å². The van der Waals surface area contributed by atoms with E-state index in [-0.39, 0.29) is 17.8 Å². The number of alkyl halides is 3. The van der Waals surface area contributed by atoms with Gasteiger partial charge in [0.1, 0.15) is 17.7 Å². The van der Waals surface area contributed by atoms with Gasteiger partial charge in [0.05, 0.1) is 11.3 Å². The molecule has 0 bridgehead atoms. The third kappa shape index (κ3) is 4.99. The summed E-state index contributed by atoms with van der Waals surface area (Å²) in [4.78, 5) is 11.9. The largest absolute Gasteiger partial charge is 0.418 e. The van der Waals surface area contributed by atoms with Crippen molar-refractivity contribution in [3.05, 3.63) is 65.2 Å². The van der Waals surface area contributed by atoms with Crippen molar-refractivity contribution in [3.8, 4) is 0 Å². The van der Waals surface area contributed by atoms with E-state index in [0.717, 1.165) is 24.3 Å². The predicted octanol–water partition coefficient (Wildman–Crippen LogP) is 3.25. The molecule has 0 unspecified atom stereocenters. The van der Waals surface area contributed by atoms with E-state index in [2.05, 4.69) is 5.32 Å². The molecule has 0 saturated carbocycles. The number of amides is 1. The van der Waals surface area contributed by atoms with Crippen molar-refractivity contribution >= 4 is 11.6 Å². The Labute approximate surface area is 140 Å². The summed E-state index contributed by atoms with van der Waals surface area (Å²) in [5.41, 5.74) is -1.08. The van der Waals surface area contributed by atoms with Gasteiger partial charge in [0, 0.05) is 11.6 Å². The molecule has 8 heteroatoms. The van der Waals surface area contributed by atoms with E-state index >= 15 is 0 Å². The fourth-order valence-corrected chi connectivity index (χ4v) is 2.32. The van der Waals surface area contributed by atoms with E-state index < -0.39 is 35.3 Å². The smallest absolute Gasteiger partial charge is 0.332 e. The van der Waals surface area contributed by atoms with E-state index in [1.165, 1.54) is 23.5 Å². The van der Waals surface area contributed by atoms with Gasteiger partial charge in [0.25, 0.3) is 5.91 Å². The Morgan fingerprint density at radius 2 is 1.84 bits per heavy atom. The predicted molar refractivity (Wildman–Crippen MR) is 81.6 cm³/mol. The number of hydrogen-bond acceptors (Lipinski definition) is 1. The van der Waals surface area contributed by atoms with Gasteiger partial charge >= 0.3 is 6.18 Å². The average Bonchev–Trinajstić information content (AvgIpc) is 2.52. The third-order valence-electron chi connectivity index (χ3n) is 3.62. The first-order valence-electron chi connectivity index (χ1n) is 7.43. The highest BCUT2D eigenvalue weighted by Crippen LogP contribution is 2.34. The normalized spacial score (nSPS) is 12.7.